The van der Waals surface area contributed by atoms with Gasteiger partial charge in [-0.05, 0) is 75.4 Å². The van der Waals surface area contributed by atoms with Gasteiger partial charge in [0.25, 0.3) is 5.91 Å². The first kappa shape index (κ1) is 32.1. The molecule has 0 aromatic heterocycles. The number of aliphatic hydroxyl groups is 1. The molecule has 2 amide bonds. The van der Waals surface area contributed by atoms with E-state index >= 15 is 0 Å². The number of methoxy groups -OCH3 is 1. The van der Waals surface area contributed by atoms with Gasteiger partial charge in [0.05, 0.1) is 31.0 Å². The largest absolute Gasteiger partial charge is 0.496 e. The first-order valence-electron chi connectivity index (χ1n) is 15.4. The molecule has 0 bridgehead atoms. The maximum atomic E-state index is 14.1. The lowest BCUT2D eigenvalue weighted by Crippen LogP contribution is -2.52. The molecule has 0 aliphatic carbocycles. The van der Waals surface area contributed by atoms with Gasteiger partial charge in [0.15, 0.2) is 0 Å². The molecule has 2 N–H and O–H groups in total. The summed E-state index contributed by atoms with van der Waals surface area (Å²) in [6.45, 7) is 7.00. The minimum Gasteiger partial charge on any atom is -0.496 e. The molecule has 2 aliphatic heterocycles. The fourth-order valence-corrected chi connectivity index (χ4v) is 6.02. The van der Waals surface area contributed by atoms with Crippen LogP contribution < -0.4 is 24.4 Å². The predicted molar refractivity (Wildman–Crippen MR) is 172 cm³/mol. The summed E-state index contributed by atoms with van der Waals surface area (Å²) in [5, 5.41) is 13.9. The molecule has 45 heavy (non-hydrogen) atoms. The van der Waals surface area contributed by atoms with E-state index in [1.807, 2.05) is 43.9 Å². The van der Waals surface area contributed by atoms with E-state index in [2.05, 4.69) is 5.32 Å². The molecule has 5 rings (SSSR count). The molecule has 2 aliphatic rings. The Morgan fingerprint density at radius 2 is 1.76 bits per heavy atom. The minimum absolute atomic E-state index is 0.00950. The minimum atomic E-state index is -0.939. The maximum Gasteiger partial charge on any atom is 0.251 e. The number of likely N-dealkylation sites (tertiary alicyclic amines) is 1. The van der Waals surface area contributed by atoms with Crippen molar-refractivity contribution in [3.8, 4) is 28.4 Å². The van der Waals surface area contributed by atoms with Crippen molar-refractivity contribution in [1.82, 2.24) is 4.90 Å². The molecular weight excluding hydrogens is 577 g/mol. The lowest BCUT2D eigenvalue weighted by Gasteiger charge is -2.39. The van der Waals surface area contributed by atoms with Crippen molar-refractivity contribution in [3.05, 3.63) is 65.5 Å². The monoisotopic (exact) mass is 619 g/mol. The van der Waals surface area contributed by atoms with Crippen LogP contribution in [-0.2, 0) is 16.2 Å². The molecule has 1 saturated heterocycles. The average Bonchev–Trinajstić information content (AvgIpc) is 3.03. The standard InChI is InChI=1S/C35H42FN3O6/c1-22-9-10-23(36)17-30(22)45-21-28-26(13-14-29-33(28)38(4)34(42)35(2,3)37-29)27-12-11-25(19-31(27)43-5)44-20-24(40)18-32(41)39-15-7-6-8-16-39/h9-14,17,19,24,37,40H,6-8,15-16,18,20-21H2,1-5H3. The molecule has 3 aromatic carbocycles. The van der Waals surface area contributed by atoms with Crippen LogP contribution in [0, 0.1) is 12.7 Å². The van der Waals surface area contributed by atoms with Crippen LogP contribution in [0.1, 0.15) is 50.7 Å². The number of nitrogens with one attached hydrogen (secondary N) is 1. The molecule has 1 atom stereocenters. The SMILES string of the molecule is COc1cc(OCC(O)CC(=O)N2CCCCC2)ccc1-c1ccc2c(c1COc1cc(F)ccc1C)N(C)C(=O)C(C)(C)N2. The summed E-state index contributed by atoms with van der Waals surface area (Å²) in [7, 11) is 3.29. The number of rotatable bonds is 10. The summed E-state index contributed by atoms with van der Waals surface area (Å²) >= 11 is 0. The van der Waals surface area contributed by atoms with Gasteiger partial charge in [0.2, 0.25) is 5.91 Å². The van der Waals surface area contributed by atoms with Crippen LogP contribution in [0.15, 0.2) is 48.5 Å². The zero-order chi connectivity index (χ0) is 32.3. The summed E-state index contributed by atoms with van der Waals surface area (Å²) in [6.07, 6.45) is 2.19. The molecule has 1 unspecified atom stereocenters. The average molecular weight is 620 g/mol. The highest BCUT2D eigenvalue weighted by Gasteiger charge is 2.39. The Bertz CT molecular complexity index is 1570. The molecule has 3 aromatic rings. The van der Waals surface area contributed by atoms with Crippen LogP contribution in [0.25, 0.3) is 11.1 Å². The van der Waals surface area contributed by atoms with Gasteiger partial charge in [-0.15, -0.1) is 0 Å². The number of hydrogen-bond acceptors (Lipinski definition) is 7. The van der Waals surface area contributed by atoms with Crippen LogP contribution in [-0.4, -0.2) is 67.3 Å². The van der Waals surface area contributed by atoms with Gasteiger partial charge in [-0.2, -0.15) is 0 Å². The zero-order valence-corrected chi connectivity index (χ0v) is 26.6. The second kappa shape index (κ2) is 13.4. The van der Waals surface area contributed by atoms with Crippen LogP contribution >= 0.6 is 0 Å². The Hall–Kier alpha value is -4.31. The maximum absolute atomic E-state index is 14.1. The first-order chi connectivity index (χ1) is 21.5. The second-order valence-corrected chi connectivity index (χ2v) is 12.3. The van der Waals surface area contributed by atoms with E-state index in [0.29, 0.717) is 28.5 Å². The number of hydrogen-bond donors (Lipinski definition) is 2. The Kier molecular flexibility index (Phi) is 9.53. The van der Waals surface area contributed by atoms with Gasteiger partial charge in [-0.25, -0.2) is 4.39 Å². The van der Waals surface area contributed by atoms with Crippen LogP contribution in [0.4, 0.5) is 15.8 Å². The number of amides is 2. The first-order valence-corrected chi connectivity index (χ1v) is 15.4. The van der Waals surface area contributed by atoms with E-state index < -0.39 is 17.5 Å². The number of carbonyl (C=O) groups is 2. The summed E-state index contributed by atoms with van der Waals surface area (Å²) in [4.78, 5) is 29.3. The third kappa shape index (κ3) is 7.01. The van der Waals surface area contributed by atoms with Gasteiger partial charge >= 0.3 is 0 Å². The van der Waals surface area contributed by atoms with Gasteiger partial charge < -0.3 is 34.4 Å². The Labute approximate surface area is 263 Å². The number of halogens is 1. The van der Waals surface area contributed by atoms with Crippen LogP contribution in [0.3, 0.4) is 0 Å². The highest BCUT2D eigenvalue weighted by Crippen LogP contribution is 2.45. The van der Waals surface area contributed by atoms with E-state index in [4.69, 9.17) is 14.2 Å². The number of aliphatic hydroxyl groups excluding tert-OH is 1. The predicted octanol–water partition coefficient (Wildman–Crippen LogP) is 5.70. The summed E-state index contributed by atoms with van der Waals surface area (Å²) in [5.41, 5.74) is 3.62. The number of benzene rings is 3. The smallest absolute Gasteiger partial charge is 0.251 e. The van der Waals surface area contributed by atoms with Crippen molar-refractivity contribution in [2.45, 2.75) is 64.7 Å². The van der Waals surface area contributed by atoms with Crippen molar-refractivity contribution in [2.24, 2.45) is 0 Å². The summed E-state index contributed by atoms with van der Waals surface area (Å²) < 4.78 is 31.9. The van der Waals surface area contributed by atoms with Gasteiger partial charge in [-0.1, -0.05) is 12.1 Å². The van der Waals surface area contributed by atoms with E-state index in [1.165, 1.54) is 12.1 Å². The molecule has 1 fully saturated rings. The van der Waals surface area contributed by atoms with Crippen LogP contribution in [0.5, 0.6) is 17.2 Å². The molecule has 10 heteroatoms. The molecule has 2 heterocycles. The molecular formula is C35H42FN3O6. The molecule has 240 valence electrons. The number of likely N-dealkylation sites (N-methyl/N-ethyl adjacent to an activating group) is 1. The van der Waals surface area contributed by atoms with Crippen molar-refractivity contribution in [2.75, 3.05) is 44.1 Å². The van der Waals surface area contributed by atoms with E-state index in [-0.39, 0.29) is 31.4 Å². The third-order valence-corrected chi connectivity index (χ3v) is 8.45. The Balaban J connectivity index is 1.42. The molecule has 0 spiro atoms. The zero-order valence-electron chi connectivity index (χ0n) is 26.6. The van der Waals surface area contributed by atoms with Crippen molar-refractivity contribution >= 4 is 23.2 Å². The van der Waals surface area contributed by atoms with Crippen LogP contribution in [0.2, 0.25) is 0 Å². The topological polar surface area (TPSA) is 101 Å². The number of aryl methyl sites for hydroxylation is 1. The van der Waals surface area contributed by atoms with E-state index in [1.54, 1.807) is 37.3 Å². The lowest BCUT2D eigenvalue weighted by molar-refractivity contribution is -0.134. The lowest BCUT2D eigenvalue weighted by atomic mass is 9.91. The number of piperidine rings is 1. The molecule has 9 nitrogen and oxygen atoms in total. The summed E-state index contributed by atoms with van der Waals surface area (Å²) in [5.74, 6) is 0.818. The summed E-state index contributed by atoms with van der Waals surface area (Å²) in [6, 6.07) is 13.6. The van der Waals surface area contributed by atoms with Crippen molar-refractivity contribution < 1.29 is 33.3 Å². The Morgan fingerprint density at radius 1 is 1.02 bits per heavy atom. The van der Waals surface area contributed by atoms with E-state index in [0.717, 1.165) is 54.7 Å². The van der Waals surface area contributed by atoms with Crippen molar-refractivity contribution in [3.63, 3.8) is 0 Å². The Morgan fingerprint density at radius 3 is 2.49 bits per heavy atom. The number of ether oxygens (including phenoxy) is 3. The molecule has 0 saturated carbocycles. The highest BCUT2D eigenvalue weighted by atomic mass is 19.1. The normalized spacial score (nSPS) is 16.5. The third-order valence-electron chi connectivity index (χ3n) is 8.45. The highest BCUT2D eigenvalue weighted by molar-refractivity contribution is 6.08. The van der Waals surface area contributed by atoms with Gasteiger partial charge in [0.1, 0.15) is 41.8 Å². The fraction of sp³-hybridized carbons (Fsp3) is 0.429. The fourth-order valence-electron chi connectivity index (χ4n) is 6.02. The number of anilines is 2. The van der Waals surface area contributed by atoms with Crippen molar-refractivity contribution in [1.29, 1.82) is 0 Å². The number of carbonyl (C=O) groups excluding carboxylic acids is 2. The molecule has 0 radical (unpaired) electrons. The second-order valence-electron chi connectivity index (χ2n) is 12.3. The van der Waals surface area contributed by atoms with E-state index in [9.17, 15) is 19.1 Å². The van der Waals surface area contributed by atoms with Gasteiger partial charge in [0, 0.05) is 43.4 Å². The number of nitrogens with zero attached hydrogens (tertiary/aromatic N) is 2. The number of fused-ring (bicyclic) bond motifs is 1. The van der Waals surface area contributed by atoms with Gasteiger partial charge in [-0.3, -0.25) is 9.59 Å². The quantitative estimate of drug-likeness (QED) is 0.301.